The number of benzene rings is 3. The van der Waals surface area contributed by atoms with Crippen LogP contribution in [0.5, 0.6) is 23.0 Å². The molecule has 1 N–H and O–H groups in total. The van der Waals surface area contributed by atoms with E-state index in [1.165, 1.54) is 0 Å². The lowest BCUT2D eigenvalue weighted by atomic mass is 10.1. The molecule has 0 aliphatic carbocycles. The highest BCUT2D eigenvalue weighted by molar-refractivity contribution is 7.80. The smallest absolute Gasteiger partial charge is 0.276 e. The number of ether oxygens (including phenoxy) is 4. The van der Waals surface area contributed by atoms with Crippen LogP contribution in [0, 0.1) is 11.3 Å². The summed E-state index contributed by atoms with van der Waals surface area (Å²) >= 11 is 5.48. The Morgan fingerprint density at radius 1 is 0.950 bits per heavy atom. The van der Waals surface area contributed by atoms with Crippen LogP contribution in [0.25, 0.3) is 6.08 Å². The van der Waals surface area contributed by atoms with Gasteiger partial charge in [-0.05, 0) is 98.2 Å². The number of carbonyl (C=O) groups excluding carboxylic acids is 1. The van der Waals surface area contributed by atoms with Gasteiger partial charge < -0.3 is 24.3 Å². The first-order chi connectivity index (χ1) is 19.4. The number of methoxy groups -OCH3 is 1. The van der Waals surface area contributed by atoms with Crippen LogP contribution < -0.4 is 24.3 Å². The largest absolute Gasteiger partial charge is 0.496 e. The van der Waals surface area contributed by atoms with E-state index in [1.54, 1.807) is 42.4 Å². The van der Waals surface area contributed by atoms with Crippen molar-refractivity contribution in [3.05, 3.63) is 88.6 Å². The van der Waals surface area contributed by atoms with Crippen molar-refractivity contribution in [1.29, 1.82) is 5.26 Å². The van der Waals surface area contributed by atoms with E-state index in [1.807, 2.05) is 50.2 Å². The van der Waals surface area contributed by atoms with E-state index < -0.39 is 0 Å². The molecule has 3 aromatic rings. The Bertz CT molecular complexity index is 1450. The minimum Gasteiger partial charge on any atom is -0.496 e. The molecule has 40 heavy (non-hydrogen) atoms. The molecule has 4 rings (SSSR count). The van der Waals surface area contributed by atoms with E-state index >= 15 is 0 Å². The molecule has 0 atom stereocenters. The Labute approximate surface area is 239 Å². The van der Waals surface area contributed by atoms with E-state index in [2.05, 4.69) is 11.4 Å². The zero-order valence-electron chi connectivity index (χ0n) is 22.7. The summed E-state index contributed by atoms with van der Waals surface area (Å²) in [5.74, 6) is 2.51. The molecule has 1 saturated heterocycles. The first kappa shape index (κ1) is 28.5. The lowest BCUT2D eigenvalue weighted by Gasteiger charge is -2.16. The van der Waals surface area contributed by atoms with Gasteiger partial charge >= 0.3 is 0 Å². The zero-order chi connectivity index (χ0) is 28.5. The molecule has 1 amide bonds. The summed E-state index contributed by atoms with van der Waals surface area (Å²) in [6.45, 7) is 5.62. The third kappa shape index (κ3) is 6.90. The number of amides is 1. The van der Waals surface area contributed by atoms with Gasteiger partial charge in [0.1, 0.15) is 23.8 Å². The summed E-state index contributed by atoms with van der Waals surface area (Å²) in [7, 11) is 1.60. The van der Waals surface area contributed by atoms with Crippen LogP contribution in [0.4, 0.5) is 0 Å². The number of carbonyl (C=O) groups is 1. The van der Waals surface area contributed by atoms with E-state index in [0.717, 1.165) is 16.7 Å². The first-order valence-corrected chi connectivity index (χ1v) is 13.4. The molecule has 0 unspecified atom stereocenters. The monoisotopic (exact) mass is 557 g/mol. The average molecular weight is 558 g/mol. The maximum atomic E-state index is 13.2. The minimum atomic E-state index is -0.188. The van der Waals surface area contributed by atoms with Gasteiger partial charge in [0.2, 0.25) is 0 Å². The third-order valence-electron chi connectivity index (χ3n) is 6.19. The normalized spacial score (nSPS) is 13.7. The molecule has 0 aromatic heterocycles. The Balaban J connectivity index is 1.44. The second-order valence-corrected chi connectivity index (χ2v) is 9.22. The SMILES string of the molecule is CCOc1ccc(CCN2C(=O)/C(=C\c3ccc(OC)c(COc4ccc(C#N)cc4)c3)NC2=S)cc1OCC. The molecule has 9 heteroatoms. The fourth-order valence-corrected chi connectivity index (χ4v) is 4.51. The van der Waals surface area contributed by atoms with Crippen molar-refractivity contribution >= 4 is 29.3 Å². The fraction of sp³-hybridized carbons (Fsp3) is 0.258. The quantitative estimate of drug-likeness (QED) is 0.239. The molecule has 206 valence electrons. The number of thiocarbonyl (C=S) groups is 1. The average Bonchev–Trinajstić information content (AvgIpc) is 3.23. The van der Waals surface area contributed by atoms with E-state index in [4.69, 9.17) is 36.4 Å². The Morgan fingerprint density at radius 3 is 2.38 bits per heavy atom. The van der Waals surface area contributed by atoms with Crippen LogP contribution in [0.3, 0.4) is 0 Å². The van der Waals surface area contributed by atoms with E-state index in [9.17, 15) is 4.79 Å². The highest BCUT2D eigenvalue weighted by Gasteiger charge is 2.30. The van der Waals surface area contributed by atoms with Gasteiger partial charge in [0.05, 0.1) is 32.0 Å². The van der Waals surface area contributed by atoms with Gasteiger partial charge in [0.15, 0.2) is 16.6 Å². The molecule has 3 aromatic carbocycles. The minimum absolute atomic E-state index is 0.188. The number of rotatable bonds is 12. The molecule has 1 aliphatic rings. The molecule has 8 nitrogen and oxygen atoms in total. The van der Waals surface area contributed by atoms with Gasteiger partial charge in [-0.3, -0.25) is 9.69 Å². The molecule has 1 aliphatic heterocycles. The van der Waals surface area contributed by atoms with Gasteiger partial charge in [-0.2, -0.15) is 5.26 Å². The van der Waals surface area contributed by atoms with Crippen molar-refractivity contribution in [2.24, 2.45) is 0 Å². The zero-order valence-corrected chi connectivity index (χ0v) is 23.5. The van der Waals surface area contributed by atoms with Crippen LogP contribution >= 0.6 is 12.2 Å². The molecular formula is C31H31N3O5S. The number of nitrogens with one attached hydrogen (secondary N) is 1. The van der Waals surface area contributed by atoms with Crippen molar-refractivity contribution in [3.8, 4) is 29.1 Å². The molecular weight excluding hydrogens is 526 g/mol. The predicted molar refractivity (Wildman–Crippen MR) is 156 cm³/mol. The lowest BCUT2D eigenvalue weighted by molar-refractivity contribution is -0.122. The van der Waals surface area contributed by atoms with Gasteiger partial charge in [-0.25, -0.2) is 0 Å². The summed E-state index contributed by atoms with van der Waals surface area (Å²) in [4.78, 5) is 14.8. The molecule has 0 radical (unpaired) electrons. The van der Waals surface area contributed by atoms with Crippen LogP contribution in [-0.2, 0) is 17.8 Å². The van der Waals surface area contributed by atoms with Crippen LogP contribution in [0.15, 0.2) is 66.4 Å². The van der Waals surface area contributed by atoms with Crippen molar-refractivity contribution in [1.82, 2.24) is 10.2 Å². The maximum absolute atomic E-state index is 13.2. The molecule has 0 bridgehead atoms. The van der Waals surface area contributed by atoms with E-state index in [0.29, 0.717) is 65.6 Å². The van der Waals surface area contributed by atoms with Crippen LogP contribution in [-0.4, -0.2) is 42.8 Å². The number of hydrogen-bond donors (Lipinski definition) is 1. The standard InChI is InChI=1S/C31H31N3O5S/c1-4-37-28-13-8-21(18-29(28)38-5-2)14-15-34-30(35)26(33-31(34)40)17-23-9-12-27(36-3)24(16-23)20-39-25-10-6-22(19-32)7-11-25/h6-13,16-18H,4-5,14-15,20H2,1-3H3,(H,33,40)/b26-17+. The lowest BCUT2D eigenvalue weighted by Crippen LogP contribution is -2.32. The topological polar surface area (TPSA) is 93.0 Å². The van der Waals surface area contributed by atoms with Crippen molar-refractivity contribution in [3.63, 3.8) is 0 Å². The molecule has 1 fully saturated rings. The highest BCUT2D eigenvalue weighted by atomic mass is 32.1. The second-order valence-electron chi connectivity index (χ2n) is 8.84. The van der Waals surface area contributed by atoms with Crippen LogP contribution in [0.1, 0.15) is 36.1 Å². The predicted octanol–water partition coefficient (Wildman–Crippen LogP) is 5.24. The van der Waals surface area contributed by atoms with Gasteiger partial charge in [0.25, 0.3) is 5.91 Å². The summed E-state index contributed by atoms with van der Waals surface area (Å²) in [6, 6.07) is 20.4. The van der Waals surface area contributed by atoms with Gasteiger partial charge in [-0.15, -0.1) is 0 Å². The Hall–Kier alpha value is -4.55. The fourth-order valence-electron chi connectivity index (χ4n) is 4.22. The summed E-state index contributed by atoms with van der Waals surface area (Å²) in [5.41, 5.74) is 3.59. The molecule has 0 saturated carbocycles. The second kappa shape index (κ2) is 13.5. The first-order valence-electron chi connectivity index (χ1n) is 13.0. The van der Waals surface area contributed by atoms with Crippen molar-refractivity contribution < 1.29 is 23.7 Å². The number of nitrogens with zero attached hydrogens (tertiary/aromatic N) is 2. The Morgan fingerprint density at radius 2 is 1.68 bits per heavy atom. The van der Waals surface area contributed by atoms with Crippen molar-refractivity contribution in [2.45, 2.75) is 26.9 Å². The Kier molecular flexibility index (Phi) is 9.60. The summed E-state index contributed by atoms with van der Waals surface area (Å²) in [6.07, 6.45) is 2.37. The van der Waals surface area contributed by atoms with Gasteiger partial charge in [0, 0.05) is 12.1 Å². The highest BCUT2D eigenvalue weighted by Crippen LogP contribution is 2.29. The number of nitriles is 1. The summed E-state index contributed by atoms with van der Waals surface area (Å²) < 4.78 is 22.8. The number of hydrogen-bond acceptors (Lipinski definition) is 7. The molecule has 0 spiro atoms. The van der Waals surface area contributed by atoms with Crippen molar-refractivity contribution in [2.75, 3.05) is 26.9 Å². The van der Waals surface area contributed by atoms with Crippen LogP contribution in [0.2, 0.25) is 0 Å². The molecule has 1 heterocycles. The third-order valence-corrected chi connectivity index (χ3v) is 6.51. The van der Waals surface area contributed by atoms with Gasteiger partial charge in [-0.1, -0.05) is 12.1 Å². The van der Waals surface area contributed by atoms with E-state index in [-0.39, 0.29) is 12.5 Å². The maximum Gasteiger partial charge on any atom is 0.276 e. The summed E-state index contributed by atoms with van der Waals surface area (Å²) in [5, 5.41) is 12.4.